The molecule has 4 rings (SSSR count). The smallest absolute Gasteiger partial charge is 0.490 e. The van der Waals surface area contributed by atoms with Gasteiger partial charge in [0.1, 0.15) is 5.75 Å². The first-order valence-corrected chi connectivity index (χ1v) is 12.2. The van der Waals surface area contributed by atoms with E-state index in [2.05, 4.69) is 11.8 Å². The second kappa shape index (κ2) is 11.8. The van der Waals surface area contributed by atoms with Crippen LogP contribution >= 0.6 is 0 Å². The number of phenolic OH excluding ortho intramolecular Hbond substituents is 1. The molecule has 3 heterocycles. The number of halogens is 3. The number of likely N-dealkylation sites (tertiary alicyclic amines) is 2. The molecule has 3 atom stereocenters. The maximum Gasteiger partial charge on any atom is 0.490 e. The molecule has 0 radical (unpaired) electrons. The van der Waals surface area contributed by atoms with Crippen molar-refractivity contribution in [1.82, 2.24) is 9.80 Å². The molecule has 0 aliphatic carbocycles. The quantitative estimate of drug-likeness (QED) is 0.564. The summed E-state index contributed by atoms with van der Waals surface area (Å²) >= 11 is 0. The highest BCUT2D eigenvalue weighted by Gasteiger charge is 2.43. The van der Waals surface area contributed by atoms with E-state index in [0.717, 1.165) is 70.6 Å². The number of aliphatic hydroxyl groups is 1. The van der Waals surface area contributed by atoms with Crippen LogP contribution in [0.2, 0.25) is 0 Å². The fraction of sp³-hybridized carbons (Fsp3) is 0.680. The Labute approximate surface area is 208 Å². The number of carbonyl (C=O) groups excluding carboxylic acids is 1. The average Bonchev–Trinajstić information content (AvgIpc) is 3.19. The molecule has 3 aliphatic rings. The Morgan fingerprint density at radius 3 is 2.31 bits per heavy atom. The second-order valence-corrected chi connectivity index (χ2v) is 10.3. The lowest BCUT2D eigenvalue weighted by Crippen LogP contribution is -2.46. The molecule has 0 saturated carbocycles. The standard InChI is InChI=1S/C23H34N2O4.C2HF3O2/c1-17-6-9-24(15-21(17)27)14-20-13-23(16-29-20)7-10-25(11-8-23)22(28)12-18-2-4-19(26)5-3-18;3-2(4,5)1(6)7/h2-5,17,20-21,26-27H,6-16H2,1H3;(H,6,7)/t17-,20?,21-;/m1./s1. The predicted molar refractivity (Wildman–Crippen MR) is 124 cm³/mol. The summed E-state index contributed by atoms with van der Waals surface area (Å²) < 4.78 is 37.9. The number of β-amino-alcohol motifs (C(OH)–C–C–N with tert-alkyl or cyclic N) is 1. The molecule has 3 N–H and O–H groups in total. The number of benzene rings is 1. The number of carbonyl (C=O) groups is 2. The van der Waals surface area contributed by atoms with Gasteiger partial charge in [0, 0.05) is 26.2 Å². The molecule has 1 aromatic carbocycles. The molecule has 202 valence electrons. The normalized spacial score (nSPS) is 26.4. The van der Waals surface area contributed by atoms with Crippen molar-refractivity contribution in [3.8, 4) is 5.75 Å². The van der Waals surface area contributed by atoms with Gasteiger partial charge in [0.15, 0.2) is 0 Å². The molecule has 11 heteroatoms. The number of aromatic hydroxyl groups is 1. The number of amides is 1. The summed E-state index contributed by atoms with van der Waals surface area (Å²) in [6, 6.07) is 6.89. The van der Waals surface area contributed by atoms with Crippen molar-refractivity contribution in [2.75, 3.05) is 39.3 Å². The van der Waals surface area contributed by atoms with Crippen LogP contribution in [-0.2, 0) is 20.7 Å². The summed E-state index contributed by atoms with van der Waals surface area (Å²) in [6.07, 6.45) is -0.541. The second-order valence-electron chi connectivity index (χ2n) is 10.3. The number of hydrogen-bond acceptors (Lipinski definition) is 6. The molecule has 8 nitrogen and oxygen atoms in total. The summed E-state index contributed by atoms with van der Waals surface area (Å²) in [4.78, 5) is 25.9. The van der Waals surface area contributed by atoms with Gasteiger partial charge in [0.05, 0.1) is 25.2 Å². The van der Waals surface area contributed by atoms with Gasteiger partial charge in [-0.05, 0) is 61.3 Å². The zero-order chi connectivity index (χ0) is 26.5. The summed E-state index contributed by atoms with van der Waals surface area (Å²) in [6.45, 7) is 7.23. The van der Waals surface area contributed by atoms with Crippen molar-refractivity contribution in [3.05, 3.63) is 29.8 Å². The number of nitrogens with zero attached hydrogens (tertiary/aromatic N) is 2. The molecule has 1 aromatic rings. The molecule has 0 bridgehead atoms. The van der Waals surface area contributed by atoms with Gasteiger partial charge in [-0.15, -0.1) is 0 Å². The van der Waals surface area contributed by atoms with E-state index in [1.54, 1.807) is 12.1 Å². The number of aliphatic carboxylic acids is 1. The van der Waals surface area contributed by atoms with Crippen molar-refractivity contribution in [2.24, 2.45) is 11.3 Å². The fourth-order valence-corrected chi connectivity index (χ4v) is 5.06. The predicted octanol–water partition coefficient (Wildman–Crippen LogP) is 2.67. The van der Waals surface area contributed by atoms with Crippen LogP contribution in [0.15, 0.2) is 24.3 Å². The molecule has 1 spiro atoms. The Kier molecular flexibility index (Phi) is 9.23. The van der Waals surface area contributed by atoms with Gasteiger partial charge in [-0.1, -0.05) is 19.1 Å². The van der Waals surface area contributed by atoms with E-state index in [4.69, 9.17) is 14.6 Å². The van der Waals surface area contributed by atoms with Crippen LogP contribution in [0.3, 0.4) is 0 Å². The highest BCUT2D eigenvalue weighted by atomic mass is 19.4. The van der Waals surface area contributed by atoms with Crippen molar-refractivity contribution >= 4 is 11.9 Å². The molecule has 0 aromatic heterocycles. The van der Waals surface area contributed by atoms with Gasteiger partial charge < -0.3 is 25.0 Å². The molecule has 3 aliphatic heterocycles. The summed E-state index contributed by atoms with van der Waals surface area (Å²) in [7, 11) is 0. The number of piperidine rings is 2. The van der Waals surface area contributed by atoms with Gasteiger partial charge in [-0.25, -0.2) is 4.79 Å². The molecule has 36 heavy (non-hydrogen) atoms. The lowest BCUT2D eigenvalue weighted by Gasteiger charge is -2.39. The highest BCUT2D eigenvalue weighted by Crippen LogP contribution is 2.42. The number of ether oxygens (including phenoxy) is 1. The van der Waals surface area contributed by atoms with E-state index < -0.39 is 12.1 Å². The topological polar surface area (TPSA) is 111 Å². The Balaban J connectivity index is 0.000000454. The number of carboxylic acids is 1. The Morgan fingerprint density at radius 2 is 1.75 bits per heavy atom. The van der Waals surface area contributed by atoms with Crippen LogP contribution in [0.1, 0.15) is 38.2 Å². The SMILES string of the molecule is C[C@@H]1CCN(CC2CC3(CCN(C(=O)Cc4ccc(O)cc4)CC3)CO2)C[C@H]1O.O=C(O)C(F)(F)F. The zero-order valence-electron chi connectivity index (χ0n) is 20.4. The number of alkyl halides is 3. The molecule has 1 unspecified atom stereocenters. The molecular formula is C25H35F3N2O6. The molecule has 3 fully saturated rings. The van der Waals surface area contributed by atoms with Crippen LogP contribution < -0.4 is 0 Å². The van der Waals surface area contributed by atoms with Gasteiger partial charge in [-0.3, -0.25) is 9.69 Å². The monoisotopic (exact) mass is 516 g/mol. The minimum atomic E-state index is -5.08. The van der Waals surface area contributed by atoms with E-state index in [0.29, 0.717) is 12.3 Å². The lowest BCUT2D eigenvalue weighted by atomic mass is 9.76. The average molecular weight is 517 g/mol. The lowest BCUT2D eigenvalue weighted by molar-refractivity contribution is -0.192. The first-order chi connectivity index (χ1) is 16.9. The van der Waals surface area contributed by atoms with E-state index in [9.17, 15) is 28.2 Å². The summed E-state index contributed by atoms with van der Waals surface area (Å²) in [5.41, 5.74) is 1.15. The van der Waals surface area contributed by atoms with E-state index in [1.807, 2.05) is 17.0 Å². The first kappa shape index (κ1) is 28.2. The minimum absolute atomic E-state index is 0.164. The number of rotatable bonds is 4. The third kappa shape index (κ3) is 7.81. The van der Waals surface area contributed by atoms with E-state index in [-0.39, 0.29) is 29.3 Å². The van der Waals surface area contributed by atoms with Gasteiger partial charge in [0.25, 0.3) is 0 Å². The third-order valence-electron chi connectivity index (χ3n) is 7.46. The number of phenols is 1. The van der Waals surface area contributed by atoms with Gasteiger partial charge in [-0.2, -0.15) is 13.2 Å². The fourth-order valence-electron chi connectivity index (χ4n) is 5.06. The van der Waals surface area contributed by atoms with Gasteiger partial charge >= 0.3 is 12.1 Å². The van der Waals surface area contributed by atoms with Crippen LogP contribution in [0, 0.1) is 11.3 Å². The van der Waals surface area contributed by atoms with Crippen LogP contribution in [-0.4, -0.2) is 94.7 Å². The van der Waals surface area contributed by atoms with Crippen molar-refractivity contribution < 1.29 is 42.8 Å². The largest absolute Gasteiger partial charge is 0.508 e. The van der Waals surface area contributed by atoms with E-state index >= 15 is 0 Å². The van der Waals surface area contributed by atoms with E-state index in [1.165, 1.54) is 0 Å². The number of carboxylic acid groups (broad SMARTS) is 1. The molecule has 3 saturated heterocycles. The highest BCUT2D eigenvalue weighted by molar-refractivity contribution is 5.79. The van der Waals surface area contributed by atoms with Crippen LogP contribution in [0.25, 0.3) is 0 Å². The third-order valence-corrected chi connectivity index (χ3v) is 7.46. The first-order valence-electron chi connectivity index (χ1n) is 12.2. The molecule has 1 amide bonds. The van der Waals surface area contributed by atoms with Gasteiger partial charge in [0.2, 0.25) is 5.91 Å². The Hall–Kier alpha value is -2.37. The van der Waals surface area contributed by atoms with Crippen LogP contribution in [0.4, 0.5) is 13.2 Å². The number of aliphatic hydroxyl groups excluding tert-OH is 1. The van der Waals surface area contributed by atoms with Crippen LogP contribution in [0.5, 0.6) is 5.75 Å². The maximum absolute atomic E-state index is 12.6. The van der Waals surface area contributed by atoms with Crippen molar-refractivity contribution in [3.63, 3.8) is 0 Å². The Morgan fingerprint density at radius 1 is 1.14 bits per heavy atom. The zero-order valence-corrected chi connectivity index (χ0v) is 20.4. The summed E-state index contributed by atoms with van der Waals surface area (Å²) in [5.74, 6) is -1.97. The molecular weight excluding hydrogens is 481 g/mol. The number of hydrogen-bond donors (Lipinski definition) is 3. The minimum Gasteiger partial charge on any atom is -0.508 e. The summed E-state index contributed by atoms with van der Waals surface area (Å²) in [5, 5.41) is 26.6. The Bertz CT molecular complexity index is 887. The van der Waals surface area contributed by atoms with Crippen molar-refractivity contribution in [1.29, 1.82) is 0 Å². The van der Waals surface area contributed by atoms with Crippen molar-refractivity contribution in [2.45, 2.75) is 57.4 Å². The maximum atomic E-state index is 12.6.